The van der Waals surface area contributed by atoms with Gasteiger partial charge in [-0.2, -0.15) is 0 Å². The molecule has 1 atom stereocenters. The molecule has 0 spiro atoms. The maximum atomic E-state index is 5.61. The Balaban J connectivity index is 3.04. The molecule has 0 radical (unpaired) electrons. The summed E-state index contributed by atoms with van der Waals surface area (Å²) in [6, 6.07) is 3.88. The Kier molecular flexibility index (Phi) is 2.69. The van der Waals surface area contributed by atoms with Gasteiger partial charge < -0.3 is 5.73 Å². The molecule has 66 valence electrons. The second-order valence-electron chi connectivity index (χ2n) is 3.25. The average molecular weight is 164 g/mol. The van der Waals surface area contributed by atoms with E-state index in [0.717, 1.165) is 12.1 Å². The van der Waals surface area contributed by atoms with Crippen molar-refractivity contribution in [1.29, 1.82) is 0 Å². The van der Waals surface area contributed by atoms with Crippen LogP contribution in [0, 0.1) is 6.92 Å². The molecule has 0 unspecified atom stereocenters. The number of pyridine rings is 1. The molecule has 0 saturated carbocycles. The Morgan fingerprint density at radius 3 is 2.75 bits per heavy atom. The van der Waals surface area contributed by atoms with Crippen LogP contribution in [0.3, 0.4) is 0 Å². The number of anilines is 1. The summed E-state index contributed by atoms with van der Waals surface area (Å²) >= 11 is 0. The number of nitrogens with two attached hydrogens (primary N) is 1. The second kappa shape index (κ2) is 3.57. The van der Waals surface area contributed by atoms with E-state index >= 15 is 0 Å². The summed E-state index contributed by atoms with van der Waals surface area (Å²) in [5.74, 6) is 1.13. The van der Waals surface area contributed by atoms with Crippen molar-refractivity contribution in [1.82, 2.24) is 4.98 Å². The Hall–Kier alpha value is -1.05. The summed E-state index contributed by atoms with van der Waals surface area (Å²) < 4.78 is 0. The van der Waals surface area contributed by atoms with Crippen LogP contribution in [-0.2, 0) is 0 Å². The van der Waals surface area contributed by atoms with Gasteiger partial charge in [-0.25, -0.2) is 4.98 Å². The van der Waals surface area contributed by atoms with E-state index < -0.39 is 0 Å². The Bertz CT molecular complexity index is 269. The van der Waals surface area contributed by atoms with E-state index in [1.54, 1.807) is 0 Å². The highest BCUT2D eigenvalue weighted by Gasteiger charge is 2.07. The van der Waals surface area contributed by atoms with Crippen LogP contribution in [0.4, 0.5) is 5.82 Å². The molecule has 0 saturated heterocycles. The molecule has 1 aromatic rings. The van der Waals surface area contributed by atoms with Crippen molar-refractivity contribution in [3.05, 3.63) is 23.4 Å². The van der Waals surface area contributed by atoms with Gasteiger partial charge in [0.1, 0.15) is 5.82 Å². The average Bonchev–Trinajstić information content (AvgIpc) is 2.08. The minimum atomic E-state index is 0.508. The van der Waals surface area contributed by atoms with Gasteiger partial charge in [0.25, 0.3) is 0 Å². The highest BCUT2D eigenvalue weighted by Crippen LogP contribution is 2.20. The van der Waals surface area contributed by atoms with Crippen LogP contribution in [0.15, 0.2) is 12.1 Å². The summed E-state index contributed by atoms with van der Waals surface area (Å²) in [6.07, 6.45) is 1.11. The summed E-state index contributed by atoms with van der Waals surface area (Å²) in [4.78, 5) is 4.32. The topological polar surface area (TPSA) is 38.9 Å². The minimum Gasteiger partial charge on any atom is -0.384 e. The summed E-state index contributed by atoms with van der Waals surface area (Å²) in [5, 5.41) is 0. The third-order valence-electron chi connectivity index (χ3n) is 2.24. The largest absolute Gasteiger partial charge is 0.384 e. The molecule has 0 aromatic carbocycles. The van der Waals surface area contributed by atoms with Gasteiger partial charge in [0.2, 0.25) is 0 Å². The standard InChI is InChI=1S/C10H16N2/c1-4-7(2)10-8(3)5-6-9(11)12-10/h5-7H,4H2,1-3H3,(H2,11,12)/t7-/m1/s1. The molecule has 1 rings (SSSR count). The maximum absolute atomic E-state index is 5.61. The molecule has 0 fully saturated rings. The van der Waals surface area contributed by atoms with E-state index in [9.17, 15) is 0 Å². The van der Waals surface area contributed by atoms with Crippen LogP contribution in [-0.4, -0.2) is 4.98 Å². The highest BCUT2D eigenvalue weighted by molar-refractivity contribution is 5.34. The van der Waals surface area contributed by atoms with Gasteiger partial charge in [0.05, 0.1) is 0 Å². The smallest absolute Gasteiger partial charge is 0.123 e. The molecule has 0 aliphatic carbocycles. The number of nitrogen functional groups attached to an aromatic ring is 1. The van der Waals surface area contributed by atoms with E-state index in [0.29, 0.717) is 11.7 Å². The first-order valence-corrected chi connectivity index (χ1v) is 4.38. The van der Waals surface area contributed by atoms with Crippen molar-refractivity contribution >= 4 is 5.82 Å². The van der Waals surface area contributed by atoms with Crippen LogP contribution >= 0.6 is 0 Å². The molecule has 0 amide bonds. The van der Waals surface area contributed by atoms with Crippen LogP contribution in [0.5, 0.6) is 0 Å². The molecule has 2 N–H and O–H groups in total. The van der Waals surface area contributed by atoms with Crippen molar-refractivity contribution in [2.24, 2.45) is 0 Å². The van der Waals surface area contributed by atoms with E-state index in [4.69, 9.17) is 5.73 Å². The lowest BCUT2D eigenvalue weighted by atomic mass is 10.0. The van der Waals surface area contributed by atoms with Crippen LogP contribution in [0.1, 0.15) is 37.4 Å². The van der Waals surface area contributed by atoms with Crippen molar-refractivity contribution in [3.8, 4) is 0 Å². The molecule has 2 nitrogen and oxygen atoms in total. The number of aryl methyl sites for hydroxylation is 1. The van der Waals surface area contributed by atoms with E-state index in [-0.39, 0.29) is 0 Å². The fraction of sp³-hybridized carbons (Fsp3) is 0.500. The van der Waals surface area contributed by atoms with Gasteiger partial charge in [-0.15, -0.1) is 0 Å². The predicted molar refractivity (Wildman–Crippen MR) is 52.1 cm³/mol. The lowest BCUT2D eigenvalue weighted by molar-refractivity contribution is 0.703. The third-order valence-corrected chi connectivity index (χ3v) is 2.24. The molecule has 0 aliphatic rings. The molecule has 0 aliphatic heterocycles. The van der Waals surface area contributed by atoms with Gasteiger partial charge in [-0.3, -0.25) is 0 Å². The molecule has 1 heterocycles. The van der Waals surface area contributed by atoms with E-state index in [2.05, 4.69) is 25.8 Å². The fourth-order valence-corrected chi connectivity index (χ4v) is 1.25. The van der Waals surface area contributed by atoms with Crippen LogP contribution in [0.25, 0.3) is 0 Å². The highest BCUT2D eigenvalue weighted by atomic mass is 14.8. The van der Waals surface area contributed by atoms with Crippen molar-refractivity contribution in [2.75, 3.05) is 5.73 Å². The third kappa shape index (κ3) is 1.76. The van der Waals surface area contributed by atoms with Crippen molar-refractivity contribution < 1.29 is 0 Å². The normalized spacial score (nSPS) is 12.9. The number of nitrogens with zero attached hydrogens (tertiary/aromatic N) is 1. The first-order valence-electron chi connectivity index (χ1n) is 4.38. The van der Waals surface area contributed by atoms with Crippen LogP contribution < -0.4 is 5.73 Å². The molecular weight excluding hydrogens is 148 g/mol. The summed E-state index contributed by atoms with van der Waals surface area (Å²) in [5.41, 5.74) is 7.98. The Morgan fingerprint density at radius 2 is 2.17 bits per heavy atom. The minimum absolute atomic E-state index is 0.508. The zero-order chi connectivity index (χ0) is 9.14. The van der Waals surface area contributed by atoms with E-state index in [1.807, 2.05) is 12.1 Å². The SMILES string of the molecule is CC[C@@H](C)c1nc(N)ccc1C. The molecule has 0 bridgehead atoms. The molecule has 2 heteroatoms. The lowest BCUT2D eigenvalue weighted by Gasteiger charge is -2.11. The zero-order valence-electron chi connectivity index (χ0n) is 7.96. The maximum Gasteiger partial charge on any atom is 0.123 e. The summed E-state index contributed by atoms with van der Waals surface area (Å²) in [6.45, 7) is 6.41. The van der Waals surface area contributed by atoms with Crippen LogP contribution in [0.2, 0.25) is 0 Å². The van der Waals surface area contributed by atoms with Gasteiger partial charge in [0.15, 0.2) is 0 Å². The van der Waals surface area contributed by atoms with Crippen molar-refractivity contribution in [3.63, 3.8) is 0 Å². The number of aromatic nitrogens is 1. The van der Waals surface area contributed by atoms with Gasteiger partial charge in [-0.1, -0.05) is 19.9 Å². The second-order valence-corrected chi connectivity index (χ2v) is 3.25. The first kappa shape index (κ1) is 9.04. The number of rotatable bonds is 2. The van der Waals surface area contributed by atoms with Gasteiger partial charge >= 0.3 is 0 Å². The first-order chi connectivity index (χ1) is 5.65. The van der Waals surface area contributed by atoms with Gasteiger partial charge in [-0.05, 0) is 30.9 Å². The molecular formula is C10H16N2. The fourth-order valence-electron chi connectivity index (χ4n) is 1.25. The predicted octanol–water partition coefficient (Wildman–Crippen LogP) is 2.49. The quantitative estimate of drug-likeness (QED) is 0.729. The molecule has 12 heavy (non-hydrogen) atoms. The zero-order valence-corrected chi connectivity index (χ0v) is 7.96. The number of hydrogen-bond donors (Lipinski definition) is 1. The lowest BCUT2D eigenvalue weighted by Crippen LogP contribution is -2.01. The van der Waals surface area contributed by atoms with Crippen molar-refractivity contribution in [2.45, 2.75) is 33.1 Å². The Labute approximate surface area is 73.8 Å². The Morgan fingerprint density at radius 1 is 1.50 bits per heavy atom. The van der Waals surface area contributed by atoms with E-state index in [1.165, 1.54) is 5.56 Å². The molecule has 1 aromatic heterocycles. The number of hydrogen-bond acceptors (Lipinski definition) is 2. The summed E-state index contributed by atoms with van der Waals surface area (Å²) in [7, 11) is 0. The van der Waals surface area contributed by atoms with Gasteiger partial charge in [0, 0.05) is 5.69 Å². The monoisotopic (exact) mass is 164 g/mol.